The minimum atomic E-state index is -0.0523. The molecule has 1 aromatic rings. The van der Waals surface area contributed by atoms with Gasteiger partial charge in [-0.15, -0.1) is 0 Å². The molecular formula is C15H21N3O2S. The second-order valence-electron chi connectivity index (χ2n) is 4.70. The molecule has 6 heteroatoms. The molecule has 1 aliphatic rings. The first-order chi connectivity index (χ1) is 10.2. The standard InChI is InChI=1S/C15H21N3O2S/c1-3-8-16-15(21)17-10-13-9-14(18-20-13)11-4-6-12(19-2)7-5-11/h4-7,9,13,18H,3,8,10H2,1-2H3,(H2,16,17,21)/t13-/m0/s1. The Bertz CT molecular complexity index is 502. The highest BCUT2D eigenvalue weighted by molar-refractivity contribution is 7.80. The van der Waals surface area contributed by atoms with Crippen LogP contribution in [0.5, 0.6) is 5.75 Å². The Labute approximate surface area is 130 Å². The van der Waals surface area contributed by atoms with Gasteiger partial charge in [0, 0.05) is 13.1 Å². The topological polar surface area (TPSA) is 54.5 Å². The van der Waals surface area contributed by atoms with Crippen LogP contribution in [0.3, 0.4) is 0 Å². The van der Waals surface area contributed by atoms with Gasteiger partial charge in [0.25, 0.3) is 0 Å². The van der Waals surface area contributed by atoms with E-state index in [0.717, 1.165) is 30.0 Å². The summed E-state index contributed by atoms with van der Waals surface area (Å²) in [5.74, 6) is 0.837. The first-order valence-electron chi connectivity index (χ1n) is 7.02. The van der Waals surface area contributed by atoms with E-state index in [9.17, 15) is 0 Å². The highest BCUT2D eigenvalue weighted by Gasteiger charge is 2.17. The molecule has 0 saturated carbocycles. The first kappa shape index (κ1) is 15.6. The molecule has 0 saturated heterocycles. The van der Waals surface area contributed by atoms with Gasteiger partial charge in [-0.05, 0) is 54.5 Å². The average molecular weight is 307 g/mol. The Hall–Kier alpha value is -1.79. The van der Waals surface area contributed by atoms with Crippen LogP contribution in [0.4, 0.5) is 0 Å². The summed E-state index contributed by atoms with van der Waals surface area (Å²) < 4.78 is 5.15. The van der Waals surface area contributed by atoms with Crippen molar-refractivity contribution in [3.63, 3.8) is 0 Å². The van der Waals surface area contributed by atoms with E-state index in [1.54, 1.807) is 7.11 Å². The van der Waals surface area contributed by atoms with Crippen LogP contribution in [0.15, 0.2) is 30.3 Å². The molecule has 114 valence electrons. The minimum absolute atomic E-state index is 0.0523. The number of thiocarbonyl (C=S) groups is 1. The number of nitrogens with one attached hydrogen (secondary N) is 3. The van der Waals surface area contributed by atoms with E-state index in [-0.39, 0.29) is 6.10 Å². The maximum absolute atomic E-state index is 5.51. The van der Waals surface area contributed by atoms with Crippen LogP contribution in [0.1, 0.15) is 18.9 Å². The number of rotatable bonds is 6. The SMILES string of the molecule is CCCNC(=S)NC[C@@H]1C=C(c2ccc(OC)cc2)NO1. The van der Waals surface area contributed by atoms with Crippen molar-refractivity contribution in [3.8, 4) is 5.75 Å². The molecule has 0 unspecified atom stereocenters. The number of hydrogen-bond donors (Lipinski definition) is 3. The van der Waals surface area contributed by atoms with Gasteiger partial charge in [0.05, 0.1) is 12.8 Å². The zero-order valence-corrected chi connectivity index (χ0v) is 13.1. The molecule has 0 aromatic heterocycles. The summed E-state index contributed by atoms with van der Waals surface area (Å²) in [4.78, 5) is 5.51. The summed E-state index contributed by atoms with van der Waals surface area (Å²) in [6.07, 6.45) is 3.03. The predicted octanol–water partition coefficient (Wildman–Crippen LogP) is 1.81. The summed E-state index contributed by atoms with van der Waals surface area (Å²) in [6.45, 7) is 3.61. The molecule has 0 radical (unpaired) electrons. The van der Waals surface area contributed by atoms with Gasteiger partial charge < -0.3 is 15.4 Å². The lowest BCUT2D eigenvalue weighted by atomic mass is 10.1. The molecule has 5 nitrogen and oxygen atoms in total. The quantitative estimate of drug-likeness (QED) is 0.697. The summed E-state index contributed by atoms with van der Waals surface area (Å²) in [6, 6.07) is 7.83. The van der Waals surface area contributed by atoms with E-state index in [2.05, 4.69) is 23.0 Å². The second kappa shape index (κ2) is 7.85. The number of methoxy groups -OCH3 is 1. The van der Waals surface area contributed by atoms with E-state index < -0.39 is 0 Å². The van der Waals surface area contributed by atoms with Crippen LogP contribution in [-0.2, 0) is 4.84 Å². The van der Waals surface area contributed by atoms with Crippen molar-refractivity contribution in [1.29, 1.82) is 0 Å². The van der Waals surface area contributed by atoms with Gasteiger partial charge >= 0.3 is 0 Å². The summed E-state index contributed by atoms with van der Waals surface area (Å²) >= 11 is 5.17. The van der Waals surface area contributed by atoms with Gasteiger partial charge in [-0.3, -0.25) is 10.3 Å². The van der Waals surface area contributed by atoms with Crippen LogP contribution in [0.25, 0.3) is 5.70 Å². The van der Waals surface area contributed by atoms with Crippen molar-refractivity contribution < 1.29 is 9.57 Å². The lowest BCUT2D eigenvalue weighted by Gasteiger charge is -2.12. The fourth-order valence-corrected chi connectivity index (χ4v) is 2.10. The number of ether oxygens (including phenoxy) is 1. The summed E-state index contributed by atoms with van der Waals surface area (Å²) in [7, 11) is 1.66. The minimum Gasteiger partial charge on any atom is -0.497 e. The van der Waals surface area contributed by atoms with Gasteiger partial charge in [-0.25, -0.2) is 0 Å². The molecule has 0 bridgehead atoms. The maximum Gasteiger partial charge on any atom is 0.166 e. The molecule has 0 spiro atoms. The molecule has 1 aromatic carbocycles. The van der Waals surface area contributed by atoms with Gasteiger partial charge in [0.2, 0.25) is 0 Å². The van der Waals surface area contributed by atoms with E-state index >= 15 is 0 Å². The third-order valence-electron chi connectivity index (χ3n) is 3.07. The highest BCUT2D eigenvalue weighted by Crippen LogP contribution is 2.20. The van der Waals surface area contributed by atoms with E-state index in [1.165, 1.54) is 0 Å². The Morgan fingerprint density at radius 2 is 2.10 bits per heavy atom. The van der Waals surface area contributed by atoms with Crippen molar-refractivity contribution in [2.45, 2.75) is 19.4 Å². The largest absolute Gasteiger partial charge is 0.497 e. The molecule has 1 aliphatic heterocycles. The molecule has 2 rings (SSSR count). The smallest absolute Gasteiger partial charge is 0.166 e. The molecule has 21 heavy (non-hydrogen) atoms. The Morgan fingerprint density at radius 1 is 1.33 bits per heavy atom. The second-order valence-corrected chi connectivity index (χ2v) is 5.11. The van der Waals surface area contributed by atoms with Crippen LogP contribution in [0, 0.1) is 0 Å². The average Bonchev–Trinajstić information content (AvgIpc) is 3.00. The lowest BCUT2D eigenvalue weighted by Crippen LogP contribution is -2.39. The molecule has 3 N–H and O–H groups in total. The summed E-state index contributed by atoms with van der Waals surface area (Å²) in [5.41, 5.74) is 4.96. The van der Waals surface area contributed by atoms with Gasteiger partial charge in [-0.1, -0.05) is 6.92 Å². The zero-order valence-electron chi connectivity index (χ0n) is 12.3. The normalized spacial score (nSPS) is 16.9. The van der Waals surface area contributed by atoms with Crippen LogP contribution < -0.4 is 20.9 Å². The monoisotopic (exact) mass is 307 g/mol. The molecule has 1 heterocycles. The molecule has 0 aliphatic carbocycles. The molecular weight excluding hydrogens is 286 g/mol. The van der Waals surface area contributed by atoms with Crippen LogP contribution in [0.2, 0.25) is 0 Å². The van der Waals surface area contributed by atoms with Crippen molar-refractivity contribution in [2.24, 2.45) is 0 Å². The molecule has 1 atom stereocenters. The van der Waals surface area contributed by atoms with E-state index in [0.29, 0.717) is 11.7 Å². The third kappa shape index (κ3) is 4.61. The van der Waals surface area contributed by atoms with Crippen molar-refractivity contribution in [3.05, 3.63) is 35.9 Å². The molecule has 0 amide bonds. The highest BCUT2D eigenvalue weighted by atomic mass is 32.1. The van der Waals surface area contributed by atoms with Gasteiger partial charge in [-0.2, -0.15) is 0 Å². The van der Waals surface area contributed by atoms with Crippen molar-refractivity contribution >= 4 is 23.0 Å². The zero-order chi connectivity index (χ0) is 15.1. The Balaban J connectivity index is 1.85. The fraction of sp³-hybridized carbons (Fsp3) is 0.400. The maximum atomic E-state index is 5.51. The van der Waals surface area contributed by atoms with E-state index in [1.807, 2.05) is 30.3 Å². The first-order valence-corrected chi connectivity index (χ1v) is 7.43. The van der Waals surface area contributed by atoms with Gasteiger partial charge in [0.15, 0.2) is 5.11 Å². The third-order valence-corrected chi connectivity index (χ3v) is 3.36. The van der Waals surface area contributed by atoms with Crippen LogP contribution >= 0.6 is 12.2 Å². The van der Waals surface area contributed by atoms with Crippen molar-refractivity contribution in [1.82, 2.24) is 16.1 Å². The predicted molar refractivity (Wildman–Crippen MR) is 87.9 cm³/mol. The Morgan fingerprint density at radius 3 is 2.76 bits per heavy atom. The number of hydroxylamine groups is 1. The van der Waals surface area contributed by atoms with Gasteiger partial charge in [0.1, 0.15) is 11.9 Å². The number of benzene rings is 1. The summed E-state index contributed by atoms with van der Waals surface area (Å²) in [5, 5.41) is 6.92. The van der Waals surface area contributed by atoms with Crippen molar-refractivity contribution in [2.75, 3.05) is 20.2 Å². The fourth-order valence-electron chi connectivity index (χ4n) is 1.91. The van der Waals surface area contributed by atoms with E-state index in [4.69, 9.17) is 21.8 Å². The molecule has 0 fully saturated rings. The number of hydrogen-bond acceptors (Lipinski definition) is 4. The van der Waals surface area contributed by atoms with Crippen LogP contribution in [-0.4, -0.2) is 31.4 Å². The Kier molecular flexibility index (Phi) is 5.83. The lowest BCUT2D eigenvalue weighted by molar-refractivity contribution is 0.0542.